The topological polar surface area (TPSA) is 76.1 Å². The first-order valence-corrected chi connectivity index (χ1v) is 9.71. The molecule has 1 rings (SSSR count). The van der Waals surface area contributed by atoms with Crippen molar-refractivity contribution >= 4 is 13.5 Å². The maximum Gasteiger partial charge on any atom is 0.353 e. The highest BCUT2D eigenvalue weighted by atomic mass is 31.2. The van der Waals surface area contributed by atoms with Gasteiger partial charge in [-0.05, 0) is 32.3 Å². The van der Waals surface area contributed by atoms with Gasteiger partial charge in [-0.2, -0.15) is 0 Å². The summed E-state index contributed by atoms with van der Waals surface area (Å²) in [6.45, 7) is 3.88. The van der Waals surface area contributed by atoms with E-state index in [9.17, 15) is 14.6 Å². The molecule has 24 heavy (non-hydrogen) atoms. The summed E-state index contributed by atoms with van der Waals surface area (Å²) in [6, 6.07) is 9.86. The fourth-order valence-corrected chi connectivity index (χ4v) is 3.40. The van der Waals surface area contributed by atoms with E-state index in [1.54, 1.807) is 13.8 Å². The Morgan fingerprint density at radius 3 is 2.42 bits per heavy atom. The molecule has 0 aliphatic rings. The van der Waals surface area contributed by atoms with Crippen molar-refractivity contribution in [1.29, 1.82) is 0 Å². The molecular weight excluding hydrogens is 329 g/mol. The molecule has 1 aromatic rings. The lowest BCUT2D eigenvalue weighted by Gasteiger charge is -2.15. The van der Waals surface area contributed by atoms with E-state index in [2.05, 4.69) is 0 Å². The lowest BCUT2D eigenvalue weighted by molar-refractivity contribution is -0.162. The smallest absolute Gasteiger partial charge is 0.306 e. The van der Waals surface area contributed by atoms with Gasteiger partial charge in [0.25, 0.3) is 0 Å². The van der Waals surface area contributed by atoms with Gasteiger partial charge in [0.15, 0.2) is 0 Å². The van der Waals surface area contributed by atoms with Gasteiger partial charge in [0.1, 0.15) is 0 Å². The summed E-state index contributed by atoms with van der Waals surface area (Å²) in [6.07, 6.45) is 3.09. The van der Waals surface area contributed by atoms with Crippen LogP contribution in [0.1, 0.15) is 32.3 Å². The molecular formula is C17H26NO5P. The van der Waals surface area contributed by atoms with Crippen LogP contribution in [-0.2, 0) is 24.8 Å². The highest BCUT2D eigenvalue weighted by molar-refractivity contribution is 7.57. The summed E-state index contributed by atoms with van der Waals surface area (Å²) >= 11 is 0. The van der Waals surface area contributed by atoms with Crippen molar-refractivity contribution in [3.8, 4) is 0 Å². The first-order valence-electron chi connectivity index (χ1n) is 8.10. The Bertz CT molecular complexity index is 551. The monoisotopic (exact) mass is 355 g/mol. The fourth-order valence-electron chi connectivity index (χ4n) is 2.08. The van der Waals surface area contributed by atoms with Crippen LogP contribution in [-0.4, -0.2) is 35.9 Å². The first-order chi connectivity index (χ1) is 11.5. The molecule has 0 fully saturated rings. The predicted octanol–water partition coefficient (Wildman–Crippen LogP) is 4.01. The van der Waals surface area contributed by atoms with E-state index in [1.165, 1.54) is 11.9 Å². The number of carbonyl (C=O) groups is 1. The van der Waals surface area contributed by atoms with Gasteiger partial charge in [-0.25, -0.2) is 5.06 Å². The van der Waals surface area contributed by atoms with Gasteiger partial charge < -0.3 is 9.05 Å². The molecule has 0 heterocycles. The second kappa shape index (κ2) is 11.2. The number of hydroxylamine groups is 2. The van der Waals surface area contributed by atoms with Gasteiger partial charge in [-0.1, -0.05) is 36.4 Å². The van der Waals surface area contributed by atoms with Crippen molar-refractivity contribution < 1.29 is 23.6 Å². The van der Waals surface area contributed by atoms with Crippen molar-refractivity contribution in [2.24, 2.45) is 0 Å². The first kappa shape index (κ1) is 20.6. The van der Waals surface area contributed by atoms with Gasteiger partial charge in [0, 0.05) is 12.2 Å². The fraction of sp³-hybridized carbons (Fsp3) is 0.471. The quantitative estimate of drug-likeness (QED) is 0.369. The Hall–Kier alpha value is -1.46. The molecule has 0 aromatic heterocycles. The van der Waals surface area contributed by atoms with Gasteiger partial charge in [0.05, 0.1) is 19.8 Å². The minimum atomic E-state index is -3.30. The lowest BCUT2D eigenvalue weighted by Crippen LogP contribution is -2.27. The van der Waals surface area contributed by atoms with Gasteiger partial charge in [-0.15, -0.1) is 0 Å². The van der Waals surface area contributed by atoms with Crippen LogP contribution in [0, 0.1) is 0 Å². The average Bonchev–Trinajstić information content (AvgIpc) is 2.56. The third-order valence-corrected chi connectivity index (χ3v) is 4.98. The number of nitrogens with zero attached hydrogens (tertiary/aromatic N) is 1. The molecule has 6 nitrogen and oxygen atoms in total. The normalized spacial score (nSPS) is 11.8. The summed E-state index contributed by atoms with van der Waals surface area (Å²) in [5.41, 5.74) is 1.16. The van der Waals surface area contributed by atoms with Crippen molar-refractivity contribution in [1.82, 2.24) is 5.06 Å². The molecule has 0 saturated carbocycles. The van der Waals surface area contributed by atoms with E-state index >= 15 is 0 Å². The van der Waals surface area contributed by atoms with E-state index in [0.29, 0.717) is 11.5 Å². The molecule has 7 heteroatoms. The summed E-state index contributed by atoms with van der Waals surface area (Å²) in [5, 5.41) is 10.3. The number of aryl methyl sites for hydroxylation is 1. The Kier molecular flexibility index (Phi) is 9.57. The van der Waals surface area contributed by atoms with E-state index in [-0.39, 0.29) is 32.1 Å². The minimum Gasteiger partial charge on any atom is -0.306 e. The highest BCUT2D eigenvalue weighted by Gasteiger charge is 2.19. The number of benzene rings is 1. The maximum atomic E-state index is 12.2. The average molecular weight is 355 g/mol. The van der Waals surface area contributed by atoms with Gasteiger partial charge >= 0.3 is 7.60 Å². The zero-order chi connectivity index (χ0) is 17.8. The van der Waals surface area contributed by atoms with Crippen LogP contribution < -0.4 is 0 Å². The number of hydrogen-bond acceptors (Lipinski definition) is 5. The number of rotatable bonds is 11. The third-order valence-electron chi connectivity index (χ3n) is 3.17. The Morgan fingerprint density at radius 1 is 1.21 bits per heavy atom. The predicted molar refractivity (Wildman–Crippen MR) is 92.9 cm³/mol. The Morgan fingerprint density at radius 2 is 1.83 bits per heavy atom. The highest BCUT2D eigenvalue weighted by Crippen LogP contribution is 2.49. The summed E-state index contributed by atoms with van der Waals surface area (Å²) in [7, 11) is -3.30. The number of hydrogen-bond donors (Lipinski definition) is 1. The van der Waals surface area contributed by atoms with E-state index in [4.69, 9.17) is 9.05 Å². The van der Waals surface area contributed by atoms with E-state index in [1.807, 2.05) is 30.3 Å². The van der Waals surface area contributed by atoms with E-state index < -0.39 is 7.60 Å². The van der Waals surface area contributed by atoms with Crippen LogP contribution in [0.15, 0.2) is 42.2 Å². The lowest BCUT2D eigenvalue weighted by atomic mass is 10.1. The molecule has 0 spiro atoms. The molecule has 1 amide bonds. The molecule has 1 N–H and O–H groups in total. The summed E-state index contributed by atoms with van der Waals surface area (Å²) < 4.78 is 22.4. The van der Waals surface area contributed by atoms with Crippen molar-refractivity contribution in [3.63, 3.8) is 0 Å². The van der Waals surface area contributed by atoms with E-state index in [0.717, 1.165) is 12.0 Å². The van der Waals surface area contributed by atoms with Crippen molar-refractivity contribution in [2.45, 2.75) is 33.1 Å². The molecule has 0 atom stereocenters. The van der Waals surface area contributed by atoms with Crippen LogP contribution in [0.4, 0.5) is 0 Å². The van der Waals surface area contributed by atoms with Gasteiger partial charge in [0.2, 0.25) is 5.91 Å². The maximum absolute atomic E-state index is 12.2. The molecule has 0 aliphatic carbocycles. The zero-order valence-corrected chi connectivity index (χ0v) is 15.2. The summed E-state index contributed by atoms with van der Waals surface area (Å²) in [4.78, 5) is 11.9. The summed E-state index contributed by atoms with van der Waals surface area (Å²) in [5.74, 6) is 0.902. The second-order valence-corrected chi connectivity index (χ2v) is 6.97. The van der Waals surface area contributed by atoms with Crippen LogP contribution in [0.2, 0.25) is 0 Å². The number of carbonyl (C=O) groups excluding carboxylic acids is 1. The number of amides is 1. The molecule has 0 saturated heterocycles. The standard InChI is InChI=1S/C17H26NO5P/c1-3-22-24(21,23-4-2)15-9-14-18(20)17(19)13-8-12-16-10-6-5-7-11-16/h5-7,9-11,15,20H,3-4,8,12-14H2,1-2H3/b15-9+. The zero-order valence-electron chi connectivity index (χ0n) is 14.3. The molecule has 1 aromatic carbocycles. The van der Waals surface area contributed by atoms with Crippen LogP contribution in [0.25, 0.3) is 0 Å². The third kappa shape index (κ3) is 7.88. The molecule has 0 radical (unpaired) electrons. The van der Waals surface area contributed by atoms with Crippen molar-refractivity contribution in [2.75, 3.05) is 19.8 Å². The van der Waals surface area contributed by atoms with Crippen molar-refractivity contribution in [3.05, 3.63) is 47.8 Å². The minimum absolute atomic E-state index is 0.0612. The second-order valence-electron chi connectivity index (χ2n) is 5.08. The molecule has 0 bridgehead atoms. The van der Waals surface area contributed by atoms with Crippen LogP contribution in [0.5, 0.6) is 0 Å². The van der Waals surface area contributed by atoms with Gasteiger partial charge in [-0.3, -0.25) is 14.6 Å². The van der Waals surface area contributed by atoms with Crippen LogP contribution in [0.3, 0.4) is 0 Å². The molecule has 0 aliphatic heterocycles. The Balaban J connectivity index is 2.37. The molecule has 134 valence electrons. The van der Waals surface area contributed by atoms with Crippen LogP contribution >= 0.6 is 7.60 Å². The molecule has 0 unspecified atom stereocenters. The Labute approximate surface area is 143 Å². The largest absolute Gasteiger partial charge is 0.353 e. The SMILES string of the molecule is CCOP(=O)(/C=C/CN(O)C(=O)CCCc1ccccc1)OCC.